The molecule has 1 saturated heterocycles. The number of carboxylic acid groups (broad SMARTS) is 9. The van der Waals surface area contributed by atoms with Crippen LogP contribution in [0.2, 0.25) is 10.1 Å². The second-order valence-electron chi connectivity index (χ2n) is 26.5. The summed E-state index contributed by atoms with van der Waals surface area (Å²) in [6.07, 6.45) is -4.36. The van der Waals surface area contributed by atoms with Gasteiger partial charge in [0.05, 0.1) is 17.9 Å². The van der Waals surface area contributed by atoms with Crippen molar-refractivity contribution in [2.24, 2.45) is 0 Å². The average Bonchev–Trinajstić information content (AvgIpc) is 0.748. The van der Waals surface area contributed by atoms with Gasteiger partial charge in [-0.2, -0.15) is 0 Å². The third-order valence-corrected chi connectivity index (χ3v) is 21.9. The van der Waals surface area contributed by atoms with E-state index < -0.39 is 215 Å². The predicted molar refractivity (Wildman–Crippen MR) is 357 cm³/mol. The summed E-state index contributed by atoms with van der Waals surface area (Å²) in [5.41, 5.74) is 0.0286. The van der Waals surface area contributed by atoms with Gasteiger partial charge in [0.2, 0.25) is 29.5 Å². The summed E-state index contributed by atoms with van der Waals surface area (Å²) in [5, 5.41) is 110. The van der Waals surface area contributed by atoms with Crippen LogP contribution >= 0.6 is 0 Å². The largest absolute Gasteiger partial charge is 3.00 e. The Kier molecular flexibility index (Phi) is 40.5. The number of unbranched alkanes of at least 4 members (excludes halogenated alkanes) is 1. The molecule has 0 aromatic heterocycles. The van der Waals surface area contributed by atoms with Crippen molar-refractivity contribution in [3.63, 3.8) is 0 Å². The number of aliphatic carboxylic acids is 9. The number of hydrogen-bond acceptors (Lipinski definition) is 23. The summed E-state index contributed by atoms with van der Waals surface area (Å²) < 4.78 is 17.1. The maximum absolute atomic E-state index is 17.1. The molecule has 0 aliphatic carbocycles. The van der Waals surface area contributed by atoms with E-state index >= 15 is 4.11 Å². The Hall–Kier alpha value is -8.84. The molecule has 103 heavy (non-hydrogen) atoms. The maximum Gasteiger partial charge on any atom is 3.00 e. The van der Waals surface area contributed by atoms with Gasteiger partial charge >= 0.3 is 61.6 Å². The van der Waals surface area contributed by atoms with Crippen LogP contribution in [0.4, 0.5) is 8.90 Å². The van der Waals surface area contributed by atoms with Crippen molar-refractivity contribution < 1.29 is 127 Å². The van der Waals surface area contributed by atoms with Crippen LogP contribution in [-0.4, -0.2) is 302 Å². The summed E-state index contributed by atoms with van der Waals surface area (Å²) in [6, 6.07) is -5.29. The smallest absolute Gasteiger partial charge is 0.549 e. The van der Waals surface area contributed by atoms with Gasteiger partial charge in [0.15, 0.2) is 0 Å². The molecule has 6 atom stereocenters. The number of nitrogens with zero attached hydrogens (tertiary/aromatic N) is 4. The summed E-state index contributed by atoms with van der Waals surface area (Å²) in [5.74, 6) is -18.5. The molecular formula is C63H96FGaN12O25Si. The molecule has 572 valence electrons. The van der Waals surface area contributed by atoms with Gasteiger partial charge in [-0.05, 0) is 78.8 Å². The van der Waals surface area contributed by atoms with E-state index in [1.807, 2.05) is 10.6 Å². The normalized spacial score (nSPS) is 15.5. The first-order chi connectivity index (χ1) is 47.5. The predicted octanol–water partition coefficient (Wildman–Crippen LogP) is -6.10. The van der Waals surface area contributed by atoms with Crippen LogP contribution in [0.15, 0.2) is 24.3 Å². The van der Waals surface area contributed by atoms with Crippen molar-refractivity contribution in [1.82, 2.24) is 62.1 Å². The molecule has 0 unspecified atom stereocenters. The van der Waals surface area contributed by atoms with Crippen LogP contribution in [-0.2, 0) is 67.1 Å². The Balaban J connectivity index is 0.0000530. The van der Waals surface area contributed by atoms with Crippen LogP contribution < -0.4 is 63.0 Å². The number of amides is 8. The molecule has 1 aromatic carbocycles. The molecule has 1 aliphatic rings. The van der Waals surface area contributed by atoms with Gasteiger partial charge in [0.1, 0.15) is 36.3 Å². The van der Waals surface area contributed by atoms with E-state index in [0.29, 0.717) is 5.19 Å². The third kappa shape index (κ3) is 34.8. The van der Waals surface area contributed by atoms with Crippen LogP contribution in [0.5, 0.6) is 0 Å². The van der Waals surface area contributed by atoms with E-state index in [9.17, 15) is 118 Å². The zero-order valence-corrected chi connectivity index (χ0v) is 62.0. The summed E-state index contributed by atoms with van der Waals surface area (Å²) in [7, 11) is -3.78. The monoisotopic (exact) mass is 1540 g/mol. The van der Waals surface area contributed by atoms with Crippen molar-refractivity contribution in [3.8, 4) is 0 Å². The number of carboxylic acids is 9. The SMILES string of the molecule is CC(C)(C)[Si]([18F])(c1ccc(C(=O)NC[C@@H](NC(=O)CC[C@@H](C(=O)O)N2CCN(CC(=O)[O-])CCN(CC(=O)[O-])CCN(CC(=O)[O-])CC2)C(=O)N[C@H](CCCCNC(=O)CCC(=O)NCCC[C@@H](NC(=O)CC[C@H](NC(=O)N[C@@H](CCC(=O)O)C(=O)O)C(=O)O)C(=O)O)C(=O)O)cc1)C(C)(C)C.[Ga+3]. The van der Waals surface area contributed by atoms with Gasteiger partial charge in [-0.1, -0.05) is 53.7 Å². The number of hydrogen-bond donors (Lipinski definition) is 14. The van der Waals surface area contributed by atoms with Crippen molar-refractivity contribution in [1.29, 1.82) is 0 Å². The molecule has 0 bridgehead atoms. The Bertz CT molecular complexity index is 3060. The molecule has 8 amide bonds. The third-order valence-electron chi connectivity index (χ3n) is 16.6. The van der Waals surface area contributed by atoms with Gasteiger partial charge in [0.25, 0.3) is 14.3 Å². The fourth-order valence-corrected chi connectivity index (χ4v) is 15.9. The van der Waals surface area contributed by atoms with Crippen LogP contribution in [0.1, 0.15) is 135 Å². The van der Waals surface area contributed by atoms with Crippen LogP contribution in [0.25, 0.3) is 0 Å². The molecule has 37 nitrogen and oxygen atoms in total. The Morgan fingerprint density at radius 3 is 1.23 bits per heavy atom. The van der Waals surface area contributed by atoms with E-state index in [0.717, 1.165) is 0 Å². The average molecular weight is 1540 g/mol. The Morgan fingerprint density at radius 1 is 0.447 bits per heavy atom. The second-order valence-corrected chi connectivity index (χ2v) is 31.4. The number of halogens is 1. The Labute approximate surface area is 607 Å². The quantitative estimate of drug-likeness (QED) is 0.0164. The van der Waals surface area contributed by atoms with Gasteiger partial charge in [-0.15, -0.1) is 0 Å². The number of rotatable bonds is 43. The molecule has 0 saturated carbocycles. The van der Waals surface area contributed by atoms with Gasteiger partial charge < -0.3 is 107 Å². The minimum absolute atomic E-state index is 0. The minimum Gasteiger partial charge on any atom is -0.549 e. The van der Waals surface area contributed by atoms with E-state index in [1.54, 1.807) is 41.5 Å². The number of benzene rings is 1. The molecule has 0 spiro atoms. The van der Waals surface area contributed by atoms with Crippen LogP contribution in [0.3, 0.4) is 0 Å². The maximum atomic E-state index is 17.1. The first kappa shape index (κ1) is 92.2. The van der Waals surface area contributed by atoms with Crippen molar-refractivity contribution in [3.05, 3.63) is 29.8 Å². The van der Waals surface area contributed by atoms with E-state index in [1.165, 1.54) is 43.9 Å². The first-order valence-electron chi connectivity index (χ1n) is 33.0. The van der Waals surface area contributed by atoms with Gasteiger partial charge in [-0.3, -0.25) is 58.0 Å². The first-order valence-corrected chi connectivity index (χ1v) is 34.9. The molecule has 1 fully saturated rings. The van der Waals surface area contributed by atoms with Crippen molar-refractivity contribution >= 4 is 129 Å². The zero-order chi connectivity index (χ0) is 77.2. The van der Waals surface area contributed by atoms with Crippen LogP contribution in [0, 0.1) is 0 Å². The summed E-state index contributed by atoms with van der Waals surface area (Å²) >= 11 is 0. The standard InChI is InChI=1S/C63H99FN12O25Si.Ga/c1-62(2,3)102(64,63(4,5)6)39-14-12-38(13-15-39)54(89)67-34-44(69-49(80)20-18-45(60(99)100)76-32-30-74(36-52(85)86)28-26-73(35-51(83)84)27-29-75(31-33-76)37-53(87)88)55(90)70-41(57(93)94)10-7-8-24-65-46(77)21-22-47(78)66-25-9-11-40(56(91)92)68-48(79)19-16-42(58(95)96)71-61(101)72-43(59(97)98)17-23-50(81)82;/h12-15,40-45H,7-11,16-37H2,1-6H3,(H,65,77)(H,66,78)(H,67,89)(H,68,79)(H,69,80)(H,70,90)(H,81,82)(H,83,84)(H,85,86)(H,87,88)(H,91,92)(H,93,94)(H,95,96)(H,97,98)(H,99,100)(H2,71,72,101);/q;+3/p-3/t40-,41-,42+,43+,44-,45+;/m1./s1/i64-1;. The number of carbonyl (C=O) groups excluding carboxylic acids is 10. The number of urea groups is 1. The summed E-state index contributed by atoms with van der Waals surface area (Å²) in [6.45, 7) is 7.40. The second kappa shape index (κ2) is 45.3. The molecule has 0 radical (unpaired) electrons. The molecule has 1 aliphatic heterocycles. The minimum atomic E-state index is -3.78. The molecule has 1 aromatic rings. The van der Waals surface area contributed by atoms with Crippen molar-refractivity contribution in [2.45, 2.75) is 171 Å². The fourth-order valence-electron chi connectivity index (χ4n) is 11.3. The molecule has 1 heterocycles. The molecular weight excluding hydrogens is 1440 g/mol. The Morgan fingerprint density at radius 2 is 0.825 bits per heavy atom. The number of nitrogens with one attached hydrogen (secondary N) is 8. The van der Waals surface area contributed by atoms with Gasteiger partial charge in [0, 0.05) is 129 Å². The molecule has 40 heteroatoms. The summed E-state index contributed by atoms with van der Waals surface area (Å²) in [4.78, 5) is 204. The van der Waals surface area contributed by atoms with Gasteiger partial charge in [-0.25, -0.2) is 24.0 Å². The number of carbonyl (C=O) groups is 16. The fraction of sp³-hybridized carbons (Fsp3) is 0.651. The van der Waals surface area contributed by atoms with E-state index in [2.05, 4.69) is 31.9 Å². The molecule has 14 N–H and O–H groups in total. The molecule has 2 rings (SSSR count). The topological polar surface area (TPSA) is 573 Å². The van der Waals surface area contributed by atoms with E-state index in [4.69, 9.17) is 5.11 Å². The van der Waals surface area contributed by atoms with Crippen molar-refractivity contribution in [2.75, 3.05) is 91.6 Å². The van der Waals surface area contributed by atoms with E-state index in [-0.39, 0.29) is 136 Å². The zero-order valence-electron chi connectivity index (χ0n) is 58.5.